The van der Waals surface area contributed by atoms with Gasteiger partial charge in [0.05, 0.1) is 13.2 Å². The molecular weight excluding hydrogens is 580 g/mol. The lowest BCUT2D eigenvalue weighted by Crippen LogP contribution is -2.51. The van der Waals surface area contributed by atoms with Gasteiger partial charge in [-0.15, -0.1) is 0 Å². The second-order valence-electron chi connectivity index (χ2n) is 19.3. The Labute approximate surface area is 295 Å². The summed E-state index contributed by atoms with van der Waals surface area (Å²) < 4.78 is 5.25. The van der Waals surface area contributed by atoms with Crippen molar-refractivity contribution in [3.8, 4) is 0 Å². The Morgan fingerprint density at radius 2 is 0.574 bits per heavy atom. The molecule has 5 aliphatic rings. The van der Waals surface area contributed by atoms with Gasteiger partial charge in [0.1, 0.15) is 0 Å². The molecule has 5 fully saturated rings. The predicted octanol–water partition coefficient (Wildman–Crippen LogP) is 7.45. The van der Waals surface area contributed by atoms with Crippen LogP contribution in [0.1, 0.15) is 142 Å². The molecule has 5 rings (SSSR count). The second kappa shape index (κ2) is 20.5. The third kappa shape index (κ3) is 19.6. The number of rotatable bonds is 0. The number of nitrogens with one attached hydrogen (secondary N) is 1. The van der Waals surface area contributed by atoms with Crippen molar-refractivity contribution in [2.75, 3.05) is 91.8 Å². The number of nitrogens with zero attached hydrogens (tertiary/aromatic N) is 5. The molecular formula is C40H86N6O. The van der Waals surface area contributed by atoms with Gasteiger partial charge in [0, 0.05) is 67.0 Å². The van der Waals surface area contributed by atoms with E-state index in [-0.39, 0.29) is 0 Å². The van der Waals surface area contributed by atoms with E-state index in [1.807, 2.05) is 0 Å². The van der Waals surface area contributed by atoms with Crippen LogP contribution in [0.25, 0.3) is 0 Å². The number of piperazine rings is 1. The van der Waals surface area contributed by atoms with Gasteiger partial charge < -0.3 is 10.1 Å². The monoisotopic (exact) mass is 667 g/mol. The Morgan fingerprint density at radius 1 is 0.319 bits per heavy atom. The summed E-state index contributed by atoms with van der Waals surface area (Å²) in [6, 6.07) is 0. The Bertz CT molecular complexity index is 703. The maximum Gasteiger partial charge on any atom is 0.0594 e. The molecule has 0 aromatic carbocycles. The third-order valence-corrected chi connectivity index (χ3v) is 10.2. The fourth-order valence-corrected chi connectivity index (χ4v) is 6.51. The smallest absolute Gasteiger partial charge is 0.0594 e. The summed E-state index contributed by atoms with van der Waals surface area (Å²) in [5.41, 5.74) is 1.93. The van der Waals surface area contributed by atoms with Gasteiger partial charge in [-0.2, -0.15) is 0 Å². The number of likely N-dealkylation sites (tertiary alicyclic amines) is 3. The molecule has 5 aliphatic heterocycles. The molecule has 0 amide bonds. The van der Waals surface area contributed by atoms with E-state index < -0.39 is 0 Å². The summed E-state index contributed by atoms with van der Waals surface area (Å²) in [5.74, 6) is 0. The minimum Gasteiger partial charge on any atom is -0.379 e. The number of hydrogen-bond acceptors (Lipinski definition) is 7. The highest BCUT2D eigenvalue weighted by atomic mass is 16.5. The van der Waals surface area contributed by atoms with Gasteiger partial charge in [-0.25, -0.2) is 0 Å². The Hall–Kier alpha value is -0.280. The zero-order valence-electron chi connectivity index (χ0n) is 34.8. The van der Waals surface area contributed by atoms with Gasteiger partial charge in [0.2, 0.25) is 0 Å². The number of morpholine rings is 1. The molecule has 47 heavy (non-hydrogen) atoms. The molecule has 0 aromatic heterocycles. The lowest BCUT2D eigenvalue weighted by atomic mass is 10.0. The first-order chi connectivity index (χ1) is 21.5. The molecule has 7 nitrogen and oxygen atoms in total. The molecule has 0 saturated carbocycles. The van der Waals surface area contributed by atoms with Crippen LogP contribution in [-0.4, -0.2) is 144 Å². The molecule has 5 heterocycles. The van der Waals surface area contributed by atoms with Crippen molar-refractivity contribution < 1.29 is 4.74 Å². The summed E-state index contributed by atoms with van der Waals surface area (Å²) in [4.78, 5) is 12.6. The lowest BCUT2D eigenvalue weighted by Gasteiger charge is -2.42. The van der Waals surface area contributed by atoms with Crippen LogP contribution in [0, 0.1) is 0 Å². The van der Waals surface area contributed by atoms with E-state index in [1.165, 1.54) is 90.9 Å². The average Bonchev–Trinajstić information content (AvgIpc) is 3.49. The predicted molar refractivity (Wildman–Crippen MR) is 208 cm³/mol. The van der Waals surface area contributed by atoms with Crippen LogP contribution in [0.15, 0.2) is 0 Å². The lowest BCUT2D eigenvalue weighted by molar-refractivity contribution is -0.00389. The largest absolute Gasteiger partial charge is 0.379 e. The van der Waals surface area contributed by atoms with E-state index in [2.05, 4.69) is 134 Å². The maximum absolute atomic E-state index is 5.25. The van der Waals surface area contributed by atoms with Gasteiger partial charge >= 0.3 is 0 Å². The van der Waals surface area contributed by atoms with Crippen molar-refractivity contribution in [2.45, 2.75) is 170 Å². The highest BCUT2D eigenvalue weighted by Crippen LogP contribution is 2.21. The van der Waals surface area contributed by atoms with Crippen molar-refractivity contribution in [3.63, 3.8) is 0 Å². The van der Waals surface area contributed by atoms with E-state index in [1.54, 1.807) is 0 Å². The van der Waals surface area contributed by atoms with Gasteiger partial charge in [0.25, 0.3) is 0 Å². The fourth-order valence-electron chi connectivity index (χ4n) is 6.51. The van der Waals surface area contributed by atoms with Gasteiger partial charge in [-0.05, 0) is 175 Å². The van der Waals surface area contributed by atoms with E-state index in [0.29, 0.717) is 27.7 Å². The van der Waals surface area contributed by atoms with Gasteiger partial charge in [-0.3, -0.25) is 24.5 Å². The van der Waals surface area contributed by atoms with Crippen molar-refractivity contribution in [2.24, 2.45) is 0 Å². The van der Waals surface area contributed by atoms with Gasteiger partial charge in [-0.1, -0.05) is 6.42 Å². The SMILES string of the molecule is CC(C)(C)N1CCC1.CC(C)(C)N1CCCC1.CC(C)(C)N1CCCCC1.CC(C)(C)N1CCNCC1.CC(C)(C)N1CCOCC1. The van der Waals surface area contributed by atoms with Crippen molar-refractivity contribution in [1.29, 1.82) is 0 Å². The van der Waals surface area contributed by atoms with Crippen LogP contribution in [0.2, 0.25) is 0 Å². The van der Waals surface area contributed by atoms with Crippen LogP contribution in [0.3, 0.4) is 0 Å². The van der Waals surface area contributed by atoms with Crippen LogP contribution in [0.4, 0.5) is 0 Å². The summed E-state index contributed by atoms with van der Waals surface area (Å²) in [7, 11) is 0. The first kappa shape index (κ1) is 44.7. The number of hydrogen-bond donors (Lipinski definition) is 1. The second-order valence-corrected chi connectivity index (χ2v) is 19.3. The van der Waals surface area contributed by atoms with Crippen molar-refractivity contribution >= 4 is 0 Å². The van der Waals surface area contributed by atoms with Crippen LogP contribution >= 0.6 is 0 Å². The molecule has 0 aromatic rings. The van der Waals surface area contributed by atoms with Crippen LogP contribution in [-0.2, 0) is 4.74 Å². The first-order valence-electron chi connectivity index (χ1n) is 19.6. The molecule has 0 radical (unpaired) electrons. The maximum atomic E-state index is 5.25. The zero-order chi connectivity index (χ0) is 35.9. The first-order valence-corrected chi connectivity index (χ1v) is 19.6. The topological polar surface area (TPSA) is 37.5 Å². The molecule has 0 unspecified atom stereocenters. The highest BCUT2D eigenvalue weighted by Gasteiger charge is 2.26. The Morgan fingerprint density at radius 3 is 0.787 bits per heavy atom. The average molecular weight is 667 g/mol. The number of ether oxygens (including phenoxy) is 1. The summed E-state index contributed by atoms with van der Waals surface area (Å²) in [6.07, 6.45) is 8.44. The molecule has 282 valence electrons. The minimum absolute atomic E-state index is 0.323. The quantitative estimate of drug-likeness (QED) is 0.288. The highest BCUT2D eigenvalue weighted by molar-refractivity contribution is 4.83. The Kier molecular flexibility index (Phi) is 19.6. The van der Waals surface area contributed by atoms with Crippen LogP contribution < -0.4 is 5.32 Å². The molecule has 1 N–H and O–H groups in total. The van der Waals surface area contributed by atoms with E-state index in [0.717, 1.165) is 39.4 Å². The summed E-state index contributed by atoms with van der Waals surface area (Å²) in [5, 5.41) is 3.35. The van der Waals surface area contributed by atoms with Crippen molar-refractivity contribution in [3.05, 3.63) is 0 Å². The fraction of sp³-hybridized carbons (Fsp3) is 1.00. The van der Waals surface area contributed by atoms with Crippen molar-refractivity contribution in [1.82, 2.24) is 29.8 Å². The summed E-state index contributed by atoms with van der Waals surface area (Å²) >= 11 is 0. The van der Waals surface area contributed by atoms with E-state index >= 15 is 0 Å². The van der Waals surface area contributed by atoms with Gasteiger partial charge in [0.15, 0.2) is 0 Å². The molecule has 0 bridgehead atoms. The standard InChI is InChI=1S/C9H19N.C8H18N2.C8H17NO.C8H17N.C7H15N/c1-9(2,3)10-7-5-4-6-8-10;1-8(2,3)10-6-4-9-5-7-10;1-8(2,3)9-4-6-10-7-5-9;1-8(2,3)9-6-4-5-7-9;1-7(2,3)8-5-4-6-8/h4-8H2,1-3H3;9H,4-7H2,1-3H3;4-7H2,1-3H3;4-7H2,1-3H3;4-6H2,1-3H3. The molecule has 5 saturated heterocycles. The molecule has 0 aliphatic carbocycles. The molecule has 7 heteroatoms. The summed E-state index contributed by atoms with van der Waals surface area (Å²) in [6.45, 7) is 50.7. The normalized spacial score (nSPS) is 23.0. The minimum atomic E-state index is 0.323. The molecule has 0 atom stereocenters. The Balaban J connectivity index is 0.000000294. The van der Waals surface area contributed by atoms with Crippen LogP contribution in [0.5, 0.6) is 0 Å². The number of piperidine rings is 1. The van der Waals surface area contributed by atoms with E-state index in [4.69, 9.17) is 4.74 Å². The molecule has 0 spiro atoms. The van der Waals surface area contributed by atoms with E-state index in [9.17, 15) is 0 Å². The third-order valence-electron chi connectivity index (χ3n) is 10.2. The zero-order valence-corrected chi connectivity index (χ0v) is 34.8.